The summed E-state index contributed by atoms with van der Waals surface area (Å²) in [6, 6.07) is 7.83. The number of likely N-dealkylation sites (N-methyl/N-ethyl adjacent to an activating group) is 1. The summed E-state index contributed by atoms with van der Waals surface area (Å²) >= 11 is 6.11. The molecule has 3 rings (SSSR count). The molecule has 26 heavy (non-hydrogen) atoms. The van der Waals surface area contributed by atoms with Crippen molar-refractivity contribution in [3.63, 3.8) is 0 Å². The summed E-state index contributed by atoms with van der Waals surface area (Å²) in [6.45, 7) is 1.11. The summed E-state index contributed by atoms with van der Waals surface area (Å²) in [5.74, 6) is -0.748. The van der Waals surface area contributed by atoms with Gasteiger partial charge in [-0.1, -0.05) is 11.6 Å². The molecule has 1 aliphatic heterocycles. The van der Waals surface area contributed by atoms with Crippen LogP contribution in [-0.2, 0) is 0 Å². The molecule has 0 bridgehead atoms. The molecule has 0 radical (unpaired) electrons. The van der Waals surface area contributed by atoms with E-state index in [1.165, 1.54) is 12.1 Å². The summed E-state index contributed by atoms with van der Waals surface area (Å²) in [6.07, 6.45) is -0.892. The lowest BCUT2D eigenvalue weighted by atomic mass is 9.97. The van der Waals surface area contributed by atoms with Crippen molar-refractivity contribution in [2.75, 3.05) is 31.6 Å². The summed E-state index contributed by atoms with van der Waals surface area (Å²) in [7, 11) is 1.70. The summed E-state index contributed by atoms with van der Waals surface area (Å²) in [5, 5.41) is 14.1. The molecule has 142 valence electrons. The van der Waals surface area contributed by atoms with Crippen LogP contribution >= 0.6 is 24.0 Å². The van der Waals surface area contributed by atoms with Crippen molar-refractivity contribution in [3.8, 4) is 5.75 Å². The lowest BCUT2D eigenvalue weighted by Gasteiger charge is -2.40. The number of halogens is 4. The first-order chi connectivity index (χ1) is 12.0. The second-order valence-electron chi connectivity index (χ2n) is 5.93. The number of rotatable bonds is 5. The van der Waals surface area contributed by atoms with Gasteiger partial charge in [0.25, 0.3) is 0 Å². The minimum atomic E-state index is -0.892. The molecule has 0 fully saturated rings. The van der Waals surface area contributed by atoms with Crippen LogP contribution in [0.2, 0.25) is 5.02 Å². The Bertz CT molecular complexity index is 744. The third kappa shape index (κ3) is 4.38. The molecule has 4 nitrogen and oxygen atoms in total. The predicted octanol–water partition coefficient (Wildman–Crippen LogP) is 3.56. The van der Waals surface area contributed by atoms with Crippen LogP contribution in [-0.4, -0.2) is 38.0 Å². The van der Waals surface area contributed by atoms with Crippen molar-refractivity contribution in [2.45, 2.75) is 12.1 Å². The number of ether oxygens (including phenoxy) is 1. The Kier molecular flexibility index (Phi) is 7.06. The number of anilines is 1. The third-order valence-corrected chi connectivity index (χ3v) is 4.40. The maximum Gasteiger partial charge on any atom is 0.142 e. The maximum absolute atomic E-state index is 13.8. The molecule has 0 unspecified atom stereocenters. The third-order valence-electron chi connectivity index (χ3n) is 4.16. The van der Waals surface area contributed by atoms with Crippen LogP contribution in [0.3, 0.4) is 0 Å². The van der Waals surface area contributed by atoms with Gasteiger partial charge in [0.15, 0.2) is 0 Å². The minimum Gasteiger partial charge on any atom is -0.490 e. The molecule has 0 amide bonds. The van der Waals surface area contributed by atoms with E-state index in [4.69, 9.17) is 16.3 Å². The van der Waals surface area contributed by atoms with E-state index in [-0.39, 0.29) is 19.0 Å². The average molecular weight is 405 g/mol. The van der Waals surface area contributed by atoms with Crippen LogP contribution < -0.4 is 15.0 Å². The summed E-state index contributed by atoms with van der Waals surface area (Å²) in [4.78, 5) is 1.88. The van der Waals surface area contributed by atoms with Crippen LogP contribution in [0.25, 0.3) is 0 Å². The second kappa shape index (κ2) is 8.86. The van der Waals surface area contributed by atoms with Gasteiger partial charge in [0.1, 0.15) is 24.0 Å². The SMILES string of the molecule is CNC[C@@H](O)[C@H](c1cc(F)cc(F)c1)N1CCOc2ccc(Cl)cc21.Cl. The van der Waals surface area contributed by atoms with Crippen molar-refractivity contribution in [3.05, 3.63) is 58.6 Å². The lowest BCUT2D eigenvalue weighted by molar-refractivity contribution is 0.135. The first-order valence-electron chi connectivity index (χ1n) is 7.97. The zero-order chi connectivity index (χ0) is 18.0. The van der Waals surface area contributed by atoms with E-state index in [1.807, 2.05) is 4.90 Å². The highest BCUT2D eigenvalue weighted by molar-refractivity contribution is 6.31. The maximum atomic E-state index is 13.8. The van der Waals surface area contributed by atoms with E-state index in [1.54, 1.807) is 25.2 Å². The van der Waals surface area contributed by atoms with Gasteiger partial charge in [0, 0.05) is 17.6 Å². The topological polar surface area (TPSA) is 44.7 Å². The van der Waals surface area contributed by atoms with Crippen LogP contribution in [0, 0.1) is 11.6 Å². The van der Waals surface area contributed by atoms with E-state index >= 15 is 0 Å². The Hall–Kier alpha value is -1.60. The molecule has 1 aliphatic rings. The number of benzene rings is 2. The van der Waals surface area contributed by atoms with Gasteiger partial charge in [-0.3, -0.25) is 0 Å². The van der Waals surface area contributed by atoms with Crippen LogP contribution in [0.1, 0.15) is 11.6 Å². The highest BCUT2D eigenvalue weighted by Gasteiger charge is 2.32. The van der Waals surface area contributed by atoms with Gasteiger partial charge in [-0.05, 0) is 42.9 Å². The van der Waals surface area contributed by atoms with Crippen molar-refractivity contribution in [1.82, 2.24) is 5.32 Å². The van der Waals surface area contributed by atoms with Crippen molar-refractivity contribution < 1.29 is 18.6 Å². The normalized spacial score (nSPS) is 15.5. The van der Waals surface area contributed by atoms with Gasteiger partial charge in [-0.25, -0.2) is 8.78 Å². The van der Waals surface area contributed by atoms with Crippen LogP contribution in [0.5, 0.6) is 5.75 Å². The minimum absolute atomic E-state index is 0. The van der Waals surface area contributed by atoms with E-state index in [2.05, 4.69) is 5.32 Å². The molecule has 0 aromatic heterocycles. The number of hydrogen-bond donors (Lipinski definition) is 2. The van der Waals surface area contributed by atoms with Gasteiger partial charge >= 0.3 is 0 Å². The number of aliphatic hydroxyl groups excluding tert-OH is 1. The molecule has 1 heterocycles. The highest BCUT2D eigenvalue weighted by atomic mass is 35.5. The largest absolute Gasteiger partial charge is 0.490 e. The van der Waals surface area contributed by atoms with Crippen LogP contribution in [0.15, 0.2) is 36.4 Å². The highest BCUT2D eigenvalue weighted by Crippen LogP contribution is 2.40. The van der Waals surface area contributed by atoms with Gasteiger partial charge in [-0.15, -0.1) is 12.4 Å². The lowest BCUT2D eigenvalue weighted by Crippen LogP contribution is -2.44. The van der Waals surface area contributed by atoms with E-state index in [9.17, 15) is 13.9 Å². The second-order valence-corrected chi connectivity index (χ2v) is 6.36. The van der Waals surface area contributed by atoms with E-state index in [0.29, 0.717) is 35.2 Å². The van der Waals surface area contributed by atoms with Gasteiger partial charge < -0.3 is 20.1 Å². The molecule has 0 spiro atoms. The molecule has 2 N–H and O–H groups in total. The Morgan fingerprint density at radius 2 is 1.92 bits per heavy atom. The number of aliphatic hydroxyl groups is 1. The Balaban J connectivity index is 0.00000243. The van der Waals surface area contributed by atoms with Gasteiger partial charge in [0.05, 0.1) is 24.4 Å². The number of hydrogen-bond acceptors (Lipinski definition) is 4. The Morgan fingerprint density at radius 1 is 1.23 bits per heavy atom. The summed E-state index contributed by atoms with van der Waals surface area (Å²) < 4.78 is 33.2. The molecule has 0 saturated heterocycles. The molecular formula is C18H20Cl2F2N2O2. The standard InChI is InChI=1S/C18H19ClF2N2O2.ClH/c1-22-10-16(24)18(11-6-13(20)9-14(21)7-11)23-4-5-25-17-3-2-12(19)8-15(17)23;/h2-3,6-9,16,18,22,24H,4-5,10H2,1H3;1H/t16-,18+;/m1./s1. The van der Waals surface area contributed by atoms with Crippen LogP contribution in [0.4, 0.5) is 14.5 Å². The molecule has 8 heteroatoms. The Morgan fingerprint density at radius 3 is 2.58 bits per heavy atom. The smallest absolute Gasteiger partial charge is 0.142 e. The fraction of sp³-hybridized carbons (Fsp3) is 0.333. The monoisotopic (exact) mass is 404 g/mol. The average Bonchev–Trinajstić information content (AvgIpc) is 2.55. The zero-order valence-corrected chi connectivity index (χ0v) is 15.7. The van der Waals surface area contributed by atoms with Crippen molar-refractivity contribution in [2.24, 2.45) is 0 Å². The van der Waals surface area contributed by atoms with E-state index in [0.717, 1.165) is 6.07 Å². The molecular weight excluding hydrogens is 385 g/mol. The fourth-order valence-electron chi connectivity index (χ4n) is 3.18. The zero-order valence-electron chi connectivity index (χ0n) is 14.1. The molecule has 2 aromatic carbocycles. The molecule has 0 saturated carbocycles. The molecule has 2 atom stereocenters. The molecule has 2 aromatic rings. The number of fused-ring (bicyclic) bond motifs is 1. The fourth-order valence-corrected chi connectivity index (χ4v) is 3.34. The van der Waals surface area contributed by atoms with Gasteiger partial charge in [0.2, 0.25) is 0 Å². The quantitative estimate of drug-likeness (QED) is 0.799. The van der Waals surface area contributed by atoms with Gasteiger partial charge in [-0.2, -0.15) is 0 Å². The number of nitrogens with one attached hydrogen (secondary N) is 1. The summed E-state index contributed by atoms with van der Waals surface area (Å²) in [5.41, 5.74) is 1.04. The van der Waals surface area contributed by atoms with E-state index < -0.39 is 23.8 Å². The number of nitrogens with zero attached hydrogens (tertiary/aromatic N) is 1. The van der Waals surface area contributed by atoms with Crippen molar-refractivity contribution >= 4 is 29.7 Å². The first kappa shape index (κ1) is 20.7. The molecule has 0 aliphatic carbocycles. The Labute approximate surface area is 162 Å². The predicted molar refractivity (Wildman–Crippen MR) is 101 cm³/mol. The first-order valence-corrected chi connectivity index (χ1v) is 8.35. The van der Waals surface area contributed by atoms with Crippen molar-refractivity contribution in [1.29, 1.82) is 0 Å².